The van der Waals surface area contributed by atoms with Crippen LogP contribution >= 0.6 is 0 Å². The van der Waals surface area contributed by atoms with E-state index < -0.39 is 11.6 Å². The molecule has 1 aromatic rings. The second-order valence-electron chi connectivity index (χ2n) is 6.93. The SMILES string of the molecule is Cc1ccc(OC2(C(=O)O)CCN(C(=O)C3CCOCC3)CC2)cc1. The summed E-state index contributed by atoms with van der Waals surface area (Å²) in [6.07, 6.45) is 2.09. The molecule has 136 valence electrons. The maximum Gasteiger partial charge on any atom is 0.348 e. The largest absolute Gasteiger partial charge is 0.478 e. The minimum absolute atomic E-state index is 0.00379. The Bertz CT molecular complexity index is 613. The molecule has 2 heterocycles. The standard InChI is InChI=1S/C19H25NO5/c1-14-2-4-16(5-3-14)25-19(18(22)23)8-10-20(11-9-19)17(21)15-6-12-24-13-7-15/h2-5,15H,6-13H2,1H3,(H,22,23). The molecule has 6 heteroatoms. The smallest absolute Gasteiger partial charge is 0.348 e. The van der Waals surface area contributed by atoms with Crippen LogP contribution < -0.4 is 4.74 Å². The van der Waals surface area contributed by atoms with Crippen LogP contribution in [0.4, 0.5) is 0 Å². The highest BCUT2D eigenvalue weighted by atomic mass is 16.5. The fourth-order valence-electron chi connectivity index (χ4n) is 3.48. The highest BCUT2D eigenvalue weighted by Gasteiger charge is 2.45. The Hall–Kier alpha value is -2.08. The van der Waals surface area contributed by atoms with E-state index >= 15 is 0 Å². The maximum atomic E-state index is 12.6. The molecule has 0 unspecified atom stereocenters. The first kappa shape index (κ1) is 17.7. The van der Waals surface area contributed by atoms with Crippen LogP contribution in [-0.4, -0.2) is 53.8 Å². The van der Waals surface area contributed by atoms with Gasteiger partial charge in [0.2, 0.25) is 11.5 Å². The van der Waals surface area contributed by atoms with Gasteiger partial charge in [-0.15, -0.1) is 0 Å². The molecule has 0 aliphatic carbocycles. The lowest BCUT2D eigenvalue weighted by atomic mass is 9.89. The lowest BCUT2D eigenvalue weighted by Gasteiger charge is -2.40. The van der Waals surface area contributed by atoms with Crippen molar-refractivity contribution in [2.45, 2.75) is 38.2 Å². The fourth-order valence-corrected chi connectivity index (χ4v) is 3.48. The fraction of sp³-hybridized carbons (Fsp3) is 0.579. The van der Waals surface area contributed by atoms with Gasteiger partial charge >= 0.3 is 5.97 Å². The summed E-state index contributed by atoms with van der Waals surface area (Å²) in [4.78, 5) is 26.3. The number of aliphatic carboxylic acids is 1. The summed E-state index contributed by atoms with van der Waals surface area (Å²) < 4.78 is 11.2. The van der Waals surface area contributed by atoms with E-state index in [0.29, 0.717) is 44.9 Å². The number of carboxylic acids is 1. The second-order valence-corrected chi connectivity index (χ2v) is 6.93. The number of carbonyl (C=O) groups excluding carboxylic acids is 1. The summed E-state index contributed by atoms with van der Waals surface area (Å²) in [5.41, 5.74) is -0.171. The van der Waals surface area contributed by atoms with Crippen LogP contribution in [-0.2, 0) is 14.3 Å². The van der Waals surface area contributed by atoms with Gasteiger partial charge in [-0.2, -0.15) is 0 Å². The van der Waals surface area contributed by atoms with Gasteiger partial charge in [-0.3, -0.25) is 4.79 Å². The van der Waals surface area contributed by atoms with Crippen molar-refractivity contribution in [1.29, 1.82) is 0 Å². The summed E-state index contributed by atoms with van der Waals surface area (Å²) in [6.45, 7) is 4.04. The number of hydrogen-bond acceptors (Lipinski definition) is 4. The molecule has 1 aromatic carbocycles. The quantitative estimate of drug-likeness (QED) is 0.904. The summed E-state index contributed by atoms with van der Waals surface area (Å²) in [5, 5.41) is 9.73. The summed E-state index contributed by atoms with van der Waals surface area (Å²) >= 11 is 0. The van der Waals surface area contributed by atoms with E-state index in [1.54, 1.807) is 17.0 Å². The molecule has 0 bridgehead atoms. The van der Waals surface area contributed by atoms with Crippen molar-refractivity contribution in [3.8, 4) is 5.75 Å². The Morgan fingerprint density at radius 1 is 1.16 bits per heavy atom. The van der Waals surface area contributed by atoms with E-state index in [9.17, 15) is 14.7 Å². The Morgan fingerprint density at radius 2 is 1.76 bits per heavy atom. The zero-order valence-electron chi connectivity index (χ0n) is 14.6. The number of likely N-dealkylation sites (tertiary alicyclic amines) is 1. The van der Waals surface area contributed by atoms with Gasteiger partial charge in [0.05, 0.1) is 0 Å². The molecule has 2 saturated heterocycles. The van der Waals surface area contributed by atoms with Gasteiger partial charge in [-0.25, -0.2) is 4.79 Å². The van der Waals surface area contributed by atoms with Gasteiger partial charge in [-0.05, 0) is 31.9 Å². The predicted molar refractivity (Wildman–Crippen MR) is 91.5 cm³/mol. The first-order valence-electron chi connectivity index (χ1n) is 8.86. The number of carboxylic acid groups (broad SMARTS) is 1. The van der Waals surface area contributed by atoms with E-state index in [2.05, 4.69) is 0 Å². The first-order chi connectivity index (χ1) is 12.0. The Morgan fingerprint density at radius 3 is 2.32 bits per heavy atom. The lowest BCUT2D eigenvalue weighted by molar-refractivity contribution is -0.162. The molecule has 6 nitrogen and oxygen atoms in total. The van der Waals surface area contributed by atoms with Crippen LogP contribution in [0.2, 0.25) is 0 Å². The molecule has 0 saturated carbocycles. The van der Waals surface area contributed by atoms with Gasteiger partial charge < -0.3 is 19.5 Å². The monoisotopic (exact) mass is 347 g/mol. The molecular weight excluding hydrogens is 322 g/mol. The average molecular weight is 347 g/mol. The zero-order chi connectivity index (χ0) is 17.9. The Labute approximate surface area is 147 Å². The summed E-state index contributed by atoms with van der Waals surface area (Å²) in [7, 11) is 0. The molecule has 1 N–H and O–H groups in total. The van der Waals surface area contributed by atoms with Crippen molar-refractivity contribution in [2.24, 2.45) is 5.92 Å². The van der Waals surface area contributed by atoms with Crippen LogP contribution in [0.1, 0.15) is 31.2 Å². The minimum atomic E-state index is -1.26. The van der Waals surface area contributed by atoms with Gasteiger partial charge in [-0.1, -0.05) is 17.7 Å². The number of benzene rings is 1. The third-order valence-electron chi connectivity index (χ3n) is 5.18. The van der Waals surface area contributed by atoms with Crippen LogP contribution in [0.3, 0.4) is 0 Å². The molecule has 2 aliphatic rings. The molecular formula is C19H25NO5. The highest BCUT2D eigenvalue weighted by molar-refractivity contribution is 5.81. The van der Waals surface area contributed by atoms with Gasteiger partial charge in [0, 0.05) is 45.1 Å². The number of nitrogens with zero attached hydrogens (tertiary/aromatic N) is 1. The lowest BCUT2D eigenvalue weighted by Crippen LogP contribution is -2.55. The Balaban J connectivity index is 1.64. The van der Waals surface area contributed by atoms with Crippen LogP contribution in [0, 0.1) is 12.8 Å². The van der Waals surface area contributed by atoms with Crippen molar-refractivity contribution in [3.05, 3.63) is 29.8 Å². The van der Waals surface area contributed by atoms with Crippen LogP contribution in [0.5, 0.6) is 5.75 Å². The minimum Gasteiger partial charge on any atom is -0.478 e. The number of carbonyl (C=O) groups is 2. The molecule has 3 rings (SSSR count). The third kappa shape index (κ3) is 3.95. The highest BCUT2D eigenvalue weighted by Crippen LogP contribution is 2.31. The molecule has 2 aliphatic heterocycles. The molecule has 25 heavy (non-hydrogen) atoms. The van der Waals surface area contributed by atoms with Crippen molar-refractivity contribution in [3.63, 3.8) is 0 Å². The van der Waals surface area contributed by atoms with E-state index in [0.717, 1.165) is 18.4 Å². The van der Waals surface area contributed by atoms with Gasteiger partial charge in [0.1, 0.15) is 5.75 Å². The second kappa shape index (κ2) is 7.44. The third-order valence-corrected chi connectivity index (χ3v) is 5.18. The average Bonchev–Trinajstić information content (AvgIpc) is 2.64. The van der Waals surface area contributed by atoms with E-state index in [4.69, 9.17) is 9.47 Å². The van der Waals surface area contributed by atoms with Crippen molar-refractivity contribution in [2.75, 3.05) is 26.3 Å². The van der Waals surface area contributed by atoms with Crippen molar-refractivity contribution >= 4 is 11.9 Å². The van der Waals surface area contributed by atoms with E-state index in [-0.39, 0.29) is 11.8 Å². The molecule has 0 atom stereocenters. The maximum absolute atomic E-state index is 12.6. The molecule has 0 radical (unpaired) electrons. The molecule has 0 spiro atoms. The molecule has 1 amide bonds. The van der Waals surface area contributed by atoms with E-state index in [1.807, 2.05) is 19.1 Å². The van der Waals surface area contributed by atoms with Crippen LogP contribution in [0.25, 0.3) is 0 Å². The predicted octanol–water partition coefficient (Wildman–Crippen LogP) is 2.25. The number of hydrogen-bond donors (Lipinski definition) is 1. The topological polar surface area (TPSA) is 76.1 Å². The van der Waals surface area contributed by atoms with Gasteiger partial charge in [0.25, 0.3) is 0 Å². The first-order valence-corrected chi connectivity index (χ1v) is 8.86. The molecule has 0 aromatic heterocycles. The van der Waals surface area contributed by atoms with Gasteiger partial charge in [0.15, 0.2) is 0 Å². The molecule has 2 fully saturated rings. The zero-order valence-corrected chi connectivity index (χ0v) is 14.6. The summed E-state index contributed by atoms with van der Waals surface area (Å²) in [5.74, 6) is -0.287. The van der Waals surface area contributed by atoms with Crippen LogP contribution in [0.15, 0.2) is 24.3 Å². The van der Waals surface area contributed by atoms with E-state index in [1.165, 1.54) is 0 Å². The number of ether oxygens (including phenoxy) is 2. The summed E-state index contributed by atoms with van der Waals surface area (Å²) in [6, 6.07) is 7.38. The number of rotatable bonds is 4. The van der Waals surface area contributed by atoms with Crippen molar-refractivity contribution in [1.82, 2.24) is 4.90 Å². The number of piperidine rings is 1. The normalized spacial score (nSPS) is 20.9. The number of amides is 1. The Kier molecular flexibility index (Phi) is 5.27. The number of aryl methyl sites for hydroxylation is 1. The van der Waals surface area contributed by atoms with Crippen molar-refractivity contribution < 1.29 is 24.2 Å².